The van der Waals surface area contributed by atoms with E-state index >= 15 is 4.39 Å². The molecule has 0 radical (unpaired) electrons. The molecule has 1 amide bonds. The number of ketones is 1. The molecule has 3 aliphatic rings. The second kappa shape index (κ2) is 11.2. The molecule has 2 aromatic rings. The number of benzene rings is 2. The van der Waals surface area contributed by atoms with Gasteiger partial charge in [0.25, 0.3) is 5.69 Å². The zero-order chi connectivity index (χ0) is 32.4. The van der Waals surface area contributed by atoms with Gasteiger partial charge in [0.1, 0.15) is 17.1 Å². The summed E-state index contributed by atoms with van der Waals surface area (Å²) in [5.74, 6) is -1.52. The van der Waals surface area contributed by atoms with Crippen molar-refractivity contribution >= 4 is 27.4 Å². The molecule has 4 unspecified atom stereocenters. The van der Waals surface area contributed by atoms with Crippen molar-refractivity contribution in [1.29, 1.82) is 0 Å². The summed E-state index contributed by atoms with van der Waals surface area (Å²) in [6.07, 6.45) is 2.81. The lowest BCUT2D eigenvalue weighted by Gasteiger charge is -2.37. The maximum absolute atomic E-state index is 16.2. The monoisotopic (exact) mass is 629 g/mol. The van der Waals surface area contributed by atoms with Crippen LogP contribution in [0.25, 0.3) is 0 Å². The molecule has 2 saturated carbocycles. The van der Waals surface area contributed by atoms with E-state index in [9.17, 15) is 28.1 Å². The molecule has 44 heavy (non-hydrogen) atoms. The Morgan fingerprint density at radius 3 is 2.55 bits per heavy atom. The van der Waals surface area contributed by atoms with E-state index in [1.807, 2.05) is 6.92 Å². The summed E-state index contributed by atoms with van der Waals surface area (Å²) in [6, 6.07) is 5.45. The number of hydrogen-bond donors (Lipinski definition) is 1. The molecule has 3 fully saturated rings. The SMILES string of the molecule is CC[C@@H](NC(C)CC(=O)N1C2CC3CCC2(CS1(=O)=O)C3(C)C)c1ccc(OC)c(C(=O)c2ccc([N+](=O)[O-])c(C)c2)c1F. The molecule has 0 aromatic heterocycles. The number of amides is 1. The Morgan fingerprint density at radius 1 is 1.25 bits per heavy atom. The molecule has 1 N–H and O–H groups in total. The minimum absolute atomic E-state index is 0.00144. The van der Waals surface area contributed by atoms with Gasteiger partial charge in [-0.3, -0.25) is 19.7 Å². The zero-order valence-electron chi connectivity index (χ0n) is 26.0. The predicted octanol–water partition coefficient (Wildman–Crippen LogP) is 5.47. The molecule has 2 aliphatic carbocycles. The minimum Gasteiger partial charge on any atom is -0.496 e. The van der Waals surface area contributed by atoms with Crippen LogP contribution in [-0.2, 0) is 14.8 Å². The summed E-state index contributed by atoms with van der Waals surface area (Å²) < 4.78 is 49.3. The van der Waals surface area contributed by atoms with Gasteiger partial charge in [0, 0.05) is 46.7 Å². The third-order valence-electron chi connectivity index (χ3n) is 10.6. The number of carbonyl (C=O) groups is 2. The summed E-state index contributed by atoms with van der Waals surface area (Å²) in [7, 11) is -2.43. The average Bonchev–Trinajstić information content (AvgIpc) is 3.43. The molecule has 2 aromatic carbocycles. The number of halogens is 1. The lowest BCUT2D eigenvalue weighted by atomic mass is 9.69. The summed E-state index contributed by atoms with van der Waals surface area (Å²) in [5, 5.41) is 14.5. The lowest BCUT2D eigenvalue weighted by molar-refractivity contribution is -0.385. The third kappa shape index (κ3) is 4.90. The highest BCUT2D eigenvalue weighted by atomic mass is 32.2. The Labute approximate surface area is 257 Å². The Kier molecular flexibility index (Phi) is 8.16. The number of carbonyl (C=O) groups excluding carboxylic acids is 2. The molecular formula is C32H40FN3O7S. The summed E-state index contributed by atoms with van der Waals surface area (Å²) >= 11 is 0. The maximum atomic E-state index is 16.2. The first-order valence-electron chi connectivity index (χ1n) is 15.1. The normalized spacial score (nSPS) is 25.8. The molecule has 1 aliphatic heterocycles. The van der Waals surface area contributed by atoms with Gasteiger partial charge in [0.2, 0.25) is 15.9 Å². The van der Waals surface area contributed by atoms with Gasteiger partial charge in [-0.25, -0.2) is 17.1 Å². The van der Waals surface area contributed by atoms with Crippen LogP contribution in [0.15, 0.2) is 30.3 Å². The maximum Gasteiger partial charge on any atom is 0.272 e. The molecule has 10 nitrogen and oxygen atoms in total. The third-order valence-corrected chi connectivity index (χ3v) is 12.6. The number of nitrogens with zero attached hydrogens (tertiary/aromatic N) is 2. The van der Waals surface area contributed by atoms with Crippen LogP contribution < -0.4 is 10.1 Å². The van der Waals surface area contributed by atoms with Crippen LogP contribution in [-0.4, -0.2) is 54.3 Å². The van der Waals surface area contributed by atoms with Gasteiger partial charge in [-0.05, 0) is 69.1 Å². The van der Waals surface area contributed by atoms with Crippen LogP contribution in [0.3, 0.4) is 0 Å². The van der Waals surface area contributed by atoms with Crippen molar-refractivity contribution in [3.05, 3.63) is 68.5 Å². The predicted molar refractivity (Wildman–Crippen MR) is 162 cm³/mol. The first-order chi connectivity index (χ1) is 20.6. The van der Waals surface area contributed by atoms with Crippen molar-refractivity contribution in [3.8, 4) is 5.75 Å². The van der Waals surface area contributed by atoms with E-state index in [0.29, 0.717) is 18.8 Å². The topological polar surface area (TPSA) is 136 Å². The molecule has 1 saturated heterocycles. The number of nitrogens with one attached hydrogen (secondary N) is 1. The van der Waals surface area contributed by atoms with Crippen LogP contribution in [0.2, 0.25) is 0 Å². The highest BCUT2D eigenvalue weighted by Gasteiger charge is 2.72. The fourth-order valence-electron chi connectivity index (χ4n) is 8.17. The number of nitro benzene ring substituents is 1. The van der Waals surface area contributed by atoms with Gasteiger partial charge in [-0.2, -0.15) is 0 Å². The van der Waals surface area contributed by atoms with Crippen LogP contribution >= 0.6 is 0 Å². The first kappa shape index (κ1) is 32.0. The quantitative estimate of drug-likeness (QED) is 0.208. The van der Waals surface area contributed by atoms with E-state index in [-0.39, 0.29) is 57.3 Å². The van der Waals surface area contributed by atoms with Crippen molar-refractivity contribution in [2.45, 2.75) is 84.8 Å². The minimum atomic E-state index is -3.75. The van der Waals surface area contributed by atoms with Gasteiger partial charge in [-0.15, -0.1) is 0 Å². The van der Waals surface area contributed by atoms with Crippen molar-refractivity contribution in [2.24, 2.45) is 16.7 Å². The van der Waals surface area contributed by atoms with E-state index in [1.165, 1.54) is 44.4 Å². The molecule has 1 spiro atoms. The van der Waals surface area contributed by atoms with E-state index < -0.39 is 50.0 Å². The molecule has 12 heteroatoms. The standard InChI is InChI=1S/C32H40FN3O7S/c1-7-23(22-9-11-25(43-6)28(29(22)33)30(38)20-8-10-24(36(39)40)18(2)14-20)34-19(3)15-27(37)35-26-16-21-12-13-32(26,31(21,4)5)17-44(35,41)42/h8-11,14,19,21,23,26,34H,7,12-13,15-17H2,1-6H3/t19?,21?,23-,26?,32?/m1/s1. The molecule has 5 rings (SSSR count). The van der Waals surface area contributed by atoms with E-state index in [0.717, 1.165) is 17.1 Å². The number of methoxy groups -OCH3 is 1. The Hall–Kier alpha value is -3.38. The summed E-state index contributed by atoms with van der Waals surface area (Å²) in [5.41, 5.74) is -0.467. The second-order valence-corrected chi connectivity index (χ2v) is 15.0. The number of hydrogen-bond acceptors (Lipinski definition) is 8. The number of nitro groups is 1. The van der Waals surface area contributed by atoms with Gasteiger partial charge in [0.15, 0.2) is 5.78 Å². The van der Waals surface area contributed by atoms with Crippen LogP contribution in [0.4, 0.5) is 10.1 Å². The zero-order valence-corrected chi connectivity index (χ0v) is 26.8. The van der Waals surface area contributed by atoms with E-state index in [1.54, 1.807) is 6.92 Å². The number of rotatable bonds is 10. The van der Waals surface area contributed by atoms with Crippen molar-refractivity contribution in [3.63, 3.8) is 0 Å². The number of aryl methyl sites for hydroxylation is 1. The van der Waals surface area contributed by atoms with E-state index in [2.05, 4.69) is 19.2 Å². The van der Waals surface area contributed by atoms with Gasteiger partial charge >= 0.3 is 0 Å². The molecule has 1 heterocycles. The van der Waals surface area contributed by atoms with Gasteiger partial charge in [-0.1, -0.05) is 26.8 Å². The lowest BCUT2D eigenvalue weighted by Crippen LogP contribution is -2.46. The number of fused-ring (bicyclic) bond motifs is 1. The summed E-state index contributed by atoms with van der Waals surface area (Å²) in [6.45, 7) is 9.37. The highest BCUT2D eigenvalue weighted by Crippen LogP contribution is 2.70. The first-order valence-corrected chi connectivity index (χ1v) is 16.7. The van der Waals surface area contributed by atoms with Crippen LogP contribution in [0.1, 0.15) is 92.9 Å². The fraction of sp³-hybridized carbons (Fsp3) is 0.562. The average molecular weight is 630 g/mol. The number of sulfonamides is 1. The highest BCUT2D eigenvalue weighted by molar-refractivity contribution is 7.90. The van der Waals surface area contributed by atoms with E-state index in [4.69, 9.17) is 4.74 Å². The van der Waals surface area contributed by atoms with Crippen LogP contribution in [0.5, 0.6) is 5.75 Å². The molecular weight excluding hydrogens is 589 g/mol. The van der Waals surface area contributed by atoms with Crippen LogP contribution in [0, 0.1) is 39.6 Å². The molecule has 2 bridgehead atoms. The molecule has 238 valence electrons. The smallest absolute Gasteiger partial charge is 0.272 e. The van der Waals surface area contributed by atoms with Crippen molar-refractivity contribution in [1.82, 2.24) is 9.62 Å². The Balaban J connectivity index is 1.37. The van der Waals surface area contributed by atoms with Gasteiger partial charge in [0.05, 0.1) is 23.8 Å². The van der Waals surface area contributed by atoms with Crippen molar-refractivity contribution in [2.75, 3.05) is 12.9 Å². The van der Waals surface area contributed by atoms with Gasteiger partial charge < -0.3 is 10.1 Å². The molecule has 5 atom stereocenters. The second-order valence-electron chi connectivity index (χ2n) is 13.2. The number of ether oxygens (including phenoxy) is 1. The Bertz CT molecular complexity index is 1640. The largest absolute Gasteiger partial charge is 0.496 e. The Morgan fingerprint density at radius 2 is 1.95 bits per heavy atom. The fourth-order valence-corrected chi connectivity index (χ4v) is 10.7. The van der Waals surface area contributed by atoms with Crippen molar-refractivity contribution < 1.29 is 32.1 Å². The summed E-state index contributed by atoms with van der Waals surface area (Å²) in [4.78, 5) is 37.7.